The van der Waals surface area contributed by atoms with Gasteiger partial charge in [-0.15, -0.1) is 0 Å². The van der Waals surface area contributed by atoms with E-state index in [1.807, 2.05) is 18.2 Å². The molecule has 10 heteroatoms. The highest BCUT2D eigenvalue weighted by Gasteiger charge is 2.32. The second kappa shape index (κ2) is 13.8. The molecule has 1 amide bonds. The van der Waals surface area contributed by atoms with E-state index in [4.69, 9.17) is 26.4 Å². The van der Waals surface area contributed by atoms with Crippen molar-refractivity contribution >= 4 is 21.6 Å². The van der Waals surface area contributed by atoms with Gasteiger partial charge in [0.15, 0.2) is 21.3 Å². The Morgan fingerprint density at radius 2 is 1.67 bits per heavy atom. The summed E-state index contributed by atoms with van der Waals surface area (Å²) in [4.78, 5) is 15.8. The highest BCUT2D eigenvalue weighted by Crippen LogP contribution is 2.33. The van der Waals surface area contributed by atoms with Gasteiger partial charge in [0, 0.05) is 18.7 Å². The van der Waals surface area contributed by atoms with Gasteiger partial charge in [-0.2, -0.15) is 0 Å². The van der Waals surface area contributed by atoms with Crippen LogP contribution in [0.15, 0.2) is 71.6 Å². The van der Waals surface area contributed by atoms with Crippen LogP contribution >= 0.6 is 0 Å². The van der Waals surface area contributed by atoms with Crippen LogP contribution in [0.3, 0.4) is 0 Å². The molecule has 0 radical (unpaired) electrons. The molecule has 3 aromatic carbocycles. The van der Waals surface area contributed by atoms with Crippen LogP contribution in [0.2, 0.25) is 0 Å². The third kappa shape index (κ3) is 7.49. The Bertz CT molecular complexity index is 1520. The molecular weight excluding hydrogens is 552 g/mol. The van der Waals surface area contributed by atoms with Crippen molar-refractivity contribution in [2.45, 2.75) is 30.6 Å². The van der Waals surface area contributed by atoms with Crippen LogP contribution in [0.25, 0.3) is 11.1 Å². The average molecular weight is 593 g/mol. The van der Waals surface area contributed by atoms with E-state index in [0.29, 0.717) is 48.2 Å². The summed E-state index contributed by atoms with van der Waals surface area (Å²) in [6.07, 6.45) is 2.86. The molecule has 224 valence electrons. The van der Waals surface area contributed by atoms with Gasteiger partial charge in [-0.1, -0.05) is 36.4 Å². The minimum Gasteiger partial charge on any atom is -0.493 e. The number of methoxy groups -OCH3 is 2. The van der Waals surface area contributed by atoms with Crippen molar-refractivity contribution in [3.63, 3.8) is 0 Å². The number of nitrogen functional groups attached to an aromatic ring is 1. The van der Waals surface area contributed by atoms with Gasteiger partial charge < -0.3 is 25.8 Å². The van der Waals surface area contributed by atoms with E-state index in [0.717, 1.165) is 30.4 Å². The molecule has 3 aromatic rings. The fourth-order valence-electron chi connectivity index (χ4n) is 5.55. The lowest BCUT2D eigenvalue weighted by Gasteiger charge is -2.34. The van der Waals surface area contributed by atoms with Crippen molar-refractivity contribution in [1.29, 1.82) is 5.41 Å². The van der Waals surface area contributed by atoms with Crippen molar-refractivity contribution in [1.82, 2.24) is 4.90 Å². The molecule has 1 unspecified atom stereocenters. The highest BCUT2D eigenvalue weighted by molar-refractivity contribution is 7.91. The first-order valence-corrected chi connectivity index (χ1v) is 15.8. The number of piperidine rings is 1. The van der Waals surface area contributed by atoms with Gasteiger partial charge in [0.05, 0.1) is 30.8 Å². The standard InChI is InChI=1S/C32H40N4O5S/c1-40-29-10-9-25(20-30(29)41-2)24-6-4-8-28(19-24)42(38,39)21-27(18-23-5-3-7-26(17-23)31(34)35)32(37)36-15-12-22(11-14-33)13-16-36/h3-10,17,19-20,22,27H,11-16,18,21,33H2,1-2H3,(H3,34,35). The van der Waals surface area contributed by atoms with Crippen molar-refractivity contribution < 1.29 is 22.7 Å². The number of nitrogens with zero attached hydrogens (tertiary/aromatic N) is 1. The molecular formula is C32H40N4O5S. The number of carbonyl (C=O) groups is 1. The van der Waals surface area contributed by atoms with Crippen LogP contribution in [0.5, 0.6) is 11.5 Å². The number of amides is 1. The fraction of sp³-hybridized carbons (Fsp3) is 0.375. The zero-order valence-corrected chi connectivity index (χ0v) is 25.0. The molecule has 1 aliphatic rings. The lowest BCUT2D eigenvalue weighted by Crippen LogP contribution is -2.44. The van der Waals surface area contributed by atoms with E-state index in [-0.39, 0.29) is 28.8 Å². The molecule has 0 bridgehead atoms. The summed E-state index contributed by atoms with van der Waals surface area (Å²) in [6, 6.07) is 19.2. The summed E-state index contributed by atoms with van der Waals surface area (Å²) in [5.74, 6) is 0.203. The molecule has 42 heavy (non-hydrogen) atoms. The Hall–Kier alpha value is -3.89. The van der Waals surface area contributed by atoms with Crippen LogP contribution in [-0.2, 0) is 21.1 Å². The molecule has 5 N–H and O–H groups in total. The maximum atomic E-state index is 13.9. The first-order chi connectivity index (χ1) is 20.1. The van der Waals surface area contributed by atoms with Crippen molar-refractivity contribution in [2.24, 2.45) is 23.3 Å². The van der Waals surface area contributed by atoms with E-state index in [9.17, 15) is 13.2 Å². The van der Waals surface area contributed by atoms with Gasteiger partial charge in [-0.3, -0.25) is 10.2 Å². The predicted octanol–water partition coefficient (Wildman–Crippen LogP) is 3.87. The van der Waals surface area contributed by atoms with E-state index in [1.54, 1.807) is 67.7 Å². The normalized spacial score (nSPS) is 14.8. The van der Waals surface area contributed by atoms with Gasteiger partial charge >= 0.3 is 0 Å². The molecule has 0 aromatic heterocycles. The van der Waals surface area contributed by atoms with Crippen molar-refractivity contribution in [3.8, 4) is 22.6 Å². The van der Waals surface area contributed by atoms with Gasteiger partial charge in [-0.25, -0.2) is 8.42 Å². The topological polar surface area (TPSA) is 149 Å². The zero-order valence-electron chi connectivity index (χ0n) is 24.2. The number of hydrogen-bond acceptors (Lipinski definition) is 7. The summed E-state index contributed by atoms with van der Waals surface area (Å²) < 4.78 is 38.5. The second-order valence-corrected chi connectivity index (χ2v) is 12.8. The number of benzene rings is 3. The molecule has 1 fully saturated rings. The third-order valence-corrected chi connectivity index (χ3v) is 9.71. The first kappa shape index (κ1) is 31.1. The number of amidine groups is 1. The molecule has 0 saturated carbocycles. The van der Waals surface area contributed by atoms with Crippen molar-refractivity contribution in [3.05, 3.63) is 77.9 Å². The largest absolute Gasteiger partial charge is 0.493 e. The van der Waals surface area contributed by atoms with Crippen LogP contribution in [-0.4, -0.2) is 64.7 Å². The Kier molecular flexibility index (Phi) is 10.2. The maximum absolute atomic E-state index is 13.9. The maximum Gasteiger partial charge on any atom is 0.227 e. The summed E-state index contributed by atoms with van der Waals surface area (Å²) in [5, 5.41) is 7.79. The summed E-state index contributed by atoms with van der Waals surface area (Å²) in [5.41, 5.74) is 14.2. The zero-order chi connectivity index (χ0) is 30.3. The molecule has 0 aliphatic carbocycles. The number of ether oxygens (including phenoxy) is 2. The van der Waals surface area contributed by atoms with Crippen LogP contribution in [0, 0.1) is 17.2 Å². The Morgan fingerprint density at radius 3 is 2.33 bits per heavy atom. The summed E-state index contributed by atoms with van der Waals surface area (Å²) in [6.45, 7) is 1.79. The quantitative estimate of drug-likeness (QED) is 0.213. The minimum absolute atomic E-state index is 0.0821. The lowest BCUT2D eigenvalue weighted by molar-refractivity contribution is -0.136. The second-order valence-electron chi connectivity index (χ2n) is 10.7. The van der Waals surface area contributed by atoms with E-state index < -0.39 is 15.8 Å². The lowest BCUT2D eigenvalue weighted by atomic mass is 9.92. The Labute approximate surface area is 248 Å². The van der Waals surface area contributed by atoms with E-state index in [1.165, 1.54) is 0 Å². The number of nitrogens with two attached hydrogens (primary N) is 2. The summed E-state index contributed by atoms with van der Waals surface area (Å²) >= 11 is 0. The first-order valence-electron chi connectivity index (χ1n) is 14.1. The molecule has 1 atom stereocenters. The van der Waals surface area contributed by atoms with Crippen LogP contribution < -0.4 is 20.9 Å². The predicted molar refractivity (Wildman–Crippen MR) is 165 cm³/mol. The van der Waals surface area contributed by atoms with Gasteiger partial charge in [-0.05, 0) is 85.2 Å². The van der Waals surface area contributed by atoms with Gasteiger partial charge in [0.1, 0.15) is 5.84 Å². The highest BCUT2D eigenvalue weighted by atomic mass is 32.2. The van der Waals surface area contributed by atoms with E-state index >= 15 is 0 Å². The Balaban J connectivity index is 1.62. The monoisotopic (exact) mass is 592 g/mol. The number of hydrogen-bond donors (Lipinski definition) is 3. The average Bonchev–Trinajstić information content (AvgIpc) is 3.00. The third-order valence-electron chi connectivity index (χ3n) is 7.90. The Morgan fingerprint density at radius 1 is 0.976 bits per heavy atom. The summed E-state index contributed by atoms with van der Waals surface area (Å²) in [7, 11) is -0.750. The molecule has 0 spiro atoms. The van der Waals surface area contributed by atoms with E-state index in [2.05, 4.69) is 0 Å². The van der Waals surface area contributed by atoms with Crippen LogP contribution in [0.4, 0.5) is 0 Å². The number of carbonyl (C=O) groups excluding carboxylic acids is 1. The number of nitrogens with one attached hydrogen (secondary N) is 1. The SMILES string of the molecule is COc1ccc(-c2cccc(S(=O)(=O)CC(Cc3cccc(C(=N)N)c3)C(=O)N3CCC(CCN)CC3)c2)cc1OC. The van der Waals surface area contributed by atoms with Gasteiger partial charge in [0.2, 0.25) is 5.91 Å². The molecule has 1 aliphatic heterocycles. The number of sulfone groups is 1. The van der Waals surface area contributed by atoms with Gasteiger partial charge in [0.25, 0.3) is 0 Å². The van der Waals surface area contributed by atoms with Crippen LogP contribution in [0.1, 0.15) is 30.4 Å². The van der Waals surface area contributed by atoms with Crippen molar-refractivity contribution in [2.75, 3.05) is 39.6 Å². The molecule has 1 heterocycles. The fourth-order valence-corrected chi connectivity index (χ4v) is 7.12. The number of rotatable bonds is 12. The number of likely N-dealkylation sites (tertiary alicyclic amines) is 1. The molecule has 9 nitrogen and oxygen atoms in total. The smallest absolute Gasteiger partial charge is 0.227 e. The molecule has 1 saturated heterocycles. The minimum atomic E-state index is -3.86. The molecule has 4 rings (SSSR count).